The Labute approximate surface area is 80.2 Å². The van der Waals surface area contributed by atoms with Gasteiger partial charge in [0.15, 0.2) is 12.0 Å². The van der Waals surface area contributed by atoms with E-state index in [0.29, 0.717) is 12.0 Å². The van der Waals surface area contributed by atoms with Crippen molar-refractivity contribution in [1.82, 2.24) is 4.98 Å². The van der Waals surface area contributed by atoms with Gasteiger partial charge in [0.1, 0.15) is 5.52 Å². The standard InChI is InChI=1S/C10H9NO3/c12-9(13)5-4-7-2-1-3-8-10(7)11-6-14-8/h1-3,6H,4-5H2,(H,12,13). The highest BCUT2D eigenvalue weighted by Gasteiger charge is 2.06. The average molecular weight is 191 g/mol. The summed E-state index contributed by atoms with van der Waals surface area (Å²) in [6.07, 6.45) is 1.97. The number of para-hydroxylation sites is 1. The Morgan fingerprint density at radius 1 is 1.50 bits per heavy atom. The lowest BCUT2D eigenvalue weighted by atomic mass is 10.1. The van der Waals surface area contributed by atoms with E-state index in [4.69, 9.17) is 9.52 Å². The van der Waals surface area contributed by atoms with Gasteiger partial charge in [-0.05, 0) is 18.1 Å². The summed E-state index contributed by atoms with van der Waals surface area (Å²) < 4.78 is 5.11. The number of carboxylic acids is 1. The van der Waals surface area contributed by atoms with Gasteiger partial charge in [-0.2, -0.15) is 0 Å². The van der Waals surface area contributed by atoms with Gasteiger partial charge in [0.05, 0.1) is 0 Å². The molecular weight excluding hydrogens is 182 g/mol. The minimum atomic E-state index is -0.800. The lowest BCUT2D eigenvalue weighted by Gasteiger charge is -1.98. The summed E-state index contributed by atoms with van der Waals surface area (Å²) in [7, 11) is 0. The molecule has 0 spiro atoms. The van der Waals surface area contributed by atoms with Crippen LogP contribution in [0.5, 0.6) is 0 Å². The van der Waals surface area contributed by atoms with Crippen LogP contribution in [0.3, 0.4) is 0 Å². The summed E-state index contributed by atoms with van der Waals surface area (Å²) in [5, 5.41) is 8.55. The number of carbonyl (C=O) groups is 1. The summed E-state index contributed by atoms with van der Waals surface area (Å²) >= 11 is 0. The Balaban J connectivity index is 2.32. The highest BCUT2D eigenvalue weighted by Crippen LogP contribution is 2.17. The number of fused-ring (bicyclic) bond motifs is 1. The van der Waals surface area contributed by atoms with Crippen molar-refractivity contribution in [2.24, 2.45) is 0 Å². The number of benzene rings is 1. The van der Waals surface area contributed by atoms with Crippen LogP contribution >= 0.6 is 0 Å². The summed E-state index contributed by atoms with van der Waals surface area (Å²) in [6, 6.07) is 5.52. The number of aliphatic carboxylic acids is 1. The predicted molar refractivity (Wildman–Crippen MR) is 50.0 cm³/mol. The van der Waals surface area contributed by atoms with Gasteiger partial charge in [0, 0.05) is 6.42 Å². The Morgan fingerprint density at radius 2 is 2.36 bits per heavy atom. The van der Waals surface area contributed by atoms with Crippen LogP contribution < -0.4 is 0 Å². The van der Waals surface area contributed by atoms with E-state index in [1.54, 1.807) is 0 Å². The number of oxazole rings is 1. The van der Waals surface area contributed by atoms with Crippen molar-refractivity contribution < 1.29 is 14.3 Å². The molecule has 0 unspecified atom stereocenters. The van der Waals surface area contributed by atoms with E-state index in [-0.39, 0.29) is 6.42 Å². The molecule has 4 nitrogen and oxygen atoms in total. The molecule has 2 aromatic rings. The molecular formula is C10H9NO3. The van der Waals surface area contributed by atoms with E-state index in [2.05, 4.69) is 4.98 Å². The third-order valence-corrected chi connectivity index (χ3v) is 2.05. The van der Waals surface area contributed by atoms with Crippen LogP contribution in [0.4, 0.5) is 0 Å². The molecule has 72 valence electrons. The molecule has 0 fully saturated rings. The quantitative estimate of drug-likeness (QED) is 0.804. The van der Waals surface area contributed by atoms with E-state index in [1.165, 1.54) is 6.39 Å². The summed E-state index contributed by atoms with van der Waals surface area (Å²) in [4.78, 5) is 14.4. The van der Waals surface area contributed by atoms with E-state index >= 15 is 0 Å². The molecule has 2 rings (SSSR count). The highest BCUT2D eigenvalue weighted by molar-refractivity contribution is 5.77. The lowest BCUT2D eigenvalue weighted by molar-refractivity contribution is -0.136. The molecule has 0 saturated heterocycles. The number of nitrogens with zero attached hydrogens (tertiary/aromatic N) is 1. The number of rotatable bonds is 3. The fraction of sp³-hybridized carbons (Fsp3) is 0.200. The predicted octanol–water partition coefficient (Wildman–Crippen LogP) is 1.84. The van der Waals surface area contributed by atoms with Crippen molar-refractivity contribution >= 4 is 17.1 Å². The van der Waals surface area contributed by atoms with Crippen molar-refractivity contribution in [2.75, 3.05) is 0 Å². The molecule has 0 aliphatic rings. The van der Waals surface area contributed by atoms with E-state index < -0.39 is 5.97 Å². The van der Waals surface area contributed by atoms with Gasteiger partial charge in [-0.1, -0.05) is 12.1 Å². The SMILES string of the molecule is O=C(O)CCc1cccc2ocnc12. The van der Waals surface area contributed by atoms with Crippen LogP contribution in [0.15, 0.2) is 29.0 Å². The van der Waals surface area contributed by atoms with Gasteiger partial charge < -0.3 is 9.52 Å². The molecule has 1 N–H and O–H groups in total. The topological polar surface area (TPSA) is 63.3 Å². The van der Waals surface area contributed by atoms with Crippen molar-refractivity contribution in [3.63, 3.8) is 0 Å². The zero-order chi connectivity index (χ0) is 9.97. The molecule has 1 aromatic carbocycles. The fourth-order valence-electron chi connectivity index (χ4n) is 1.39. The van der Waals surface area contributed by atoms with Crippen LogP contribution in [0.1, 0.15) is 12.0 Å². The fourth-order valence-corrected chi connectivity index (χ4v) is 1.39. The van der Waals surface area contributed by atoms with E-state index in [0.717, 1.165) is 11.1 Å². The molecule has 0 radical (unpaired) electrons. The molecule has 1 heterocycles. The Kier molecular flexibility index (Phi) is 2.18. The molecule has 0 atom stereocenters. The zero-order valence-electron chi connectivity index (χ0n) is 7.43. The minimum absolute atomic E-state index is 0.117. The van der Waals surface area contributed by atoms with Gasteiger partial charge in [-0.25, -0.2) is 4.98 Å². The van der Waals surface area contributed by atoms with E-state index in [9.17, 15) is 4.79 Å². The normalized spacial score (nSPS) is 10.6. The summed E-state index contributed by atoms with van der Waals surface area (Å²) in [5.74, 6) is -0.800. The second kappa shape index (κ2) is 3.49. The van der Waals surface area contributed by atoms with Crippen LogP contribution in [0, 0.1) is 0 Å². The van der Waals surface area contributed by atoms with Gasteiger partial charge in [-0.3, -0.25) is 4.79 Å². The summed E-state index contributed by atoms with van der Waals surface area (Å²) in [5.41, 5.74) is 2.38. The maximum atomic E-state index is 10.4. The van der Waals surface area contributed by atoms with Gasteiger partial charge in [0.2, 0.25) is 0 Å². The molecule has 1 aromatic heterocycles. The number of aromatic nitrogens is 1. The smallest absolute Gasteiger partial charge is 0.303 e. The number of hydrogen-bond acceptors (Lipinski definition) is 3. The third-order valence-electron chi connectivity index (χ3n) is 2.05. The Hall–Kier alpha value is -1.84. The maximum Gasteiger partial charge on any atom is 0.303 e. The zero-order valence-corrected chi connectivity index (χ0v) is 7.43. The molecule has 0 amide bonds. The minimum Gasteiger partial charge on any atom is -0.481 e. The second-order valence-electron chi connectivity index (χ2n) is 3.01. The number of hydrogen-bond donors (Lipinski definition) is 1. The van der Waals surface area contributed by atoms with Crippen molar-refractivity contribution in [3.05, 3.63) is 30.2 Å². The average Bonchev–Trinajstić information content (AvgIpc) is 2.62. The van der Waals surface area contributed by atoms with Gasteiger partial charge >= 0.3 is 5.97 Å². The van der Waals surface area contributed by atoms with Crippen molar-refractivity contribution in [3.8, 4) is 0 Å². The second-order valence-corrected chi connectivity index (χ2v) is 3.01. The van der Waals surface area contributed by atoms with Crippen molar-refractivity contribution in [2.45, 2.75) is 12.8 Å². The first kappa shape index (κ1) is 8.74. The monoisotopic (exact) mass is 191 g/mol. The lowest BCUT2D eigenvalue weighted by Crippen LogP contribution is -1.97. The van der Waals surface area contributed by atoms with E-state index in [1.807, 2.05) is 18.2 Å². The molecule has 0 aliphatic heterocycles. The van der Waals surface area contributed by atoms with Crippen LogP contribution in [-0.4, -0.2) is 16.1 Å². The first-order chi connectivity index (χ1) is 6.77. The number of carboxylic acid groups (broad SMARTS) is 1. The molecule has 14 heavy (non-hydrogen) atoms. The maximum absolute atomic E-state index is 10.4. The molecule has 0 aliphatic carbocycles. The van der Waals surface area contributed by atoms with Crippen LogP contribution in [-0.2, 0) is 11.2 Å². The Morgan fingerprint density at radius 3 is 3.14 bits per heavy atom. The first-order valence-corrected chi connectivity index (χ1v) is 4.30. The largest absolute Gasteiger partial charge is 0.481 e. The van der Waals surface area contributed by atoms with Gasteiger partial charge in [-0.15, -0.1) is 0 Å². The molecule has 4 heteroatoms. The highest BCUT2D eigenvalue weighted by atomic mass is 16.4. The number of aryl methyl sites for hydroxylation is 1. The van der Waals surface area contributed by atoms with Crippen LogP contribution in [0.25, 0.3) is 11.1 Å². The van der Waals surface area contributed by atoms with Crippen molar-refractivity contribution in [1.29, 1.82) is 0 Å². The molecule has 0 saturated carbocycles. The summed E-state index contributed by atoms with van der Waals surface area (Å²) in [6.45, 7) is 0. The first-order valence-electron chi connectivity index (χ1n) is 4.30. The molecule has 0 bridgehead atoms. The van der Waals surface area contributed by atoms with Crippen LogP contribution in [0.2, 0.25) is 0 Å². The third kappa shape index (κ3) is 1.59. The van der Waals surface area contributed by atoms with Gasteiger partial charge in [0.25, 0.3) is 0 Å². The Bertz CT molecular complexity index is 461.